The van der Waals surface area contributed by atoms with E-state index in [1.54, 1.807) is 0 Å². The summed E-state index contributed by atoms with van der Waals surface area (Å²) in [5.74, 6) is 0.911. The van der Waals surface area contributed by atoms with E-state index < -0.39 is 0 Å². The fraction of sp³-hybridized carbons (Fsp3) is 0.250. The molecule has 0 aliphatic heterocycles. The van der Waals surface area contributed by atoms with Gasteiger partial charge in [-0.3, -0.25) is 4.79 Å². The molecule has 1 aromatic heterocycles. The minimum atomic E-state index is -0.0123. The van der Waals surface area contributed by atoms with Crippen LogP contribution in [-0.2, 0) is 4.79 Å². The van der Waals surface area contributed by atoms with Crippen LogP contribution in [0.1, 0.15) is 26.7 Å². The van der Waals surface area contributed by atoms with Crippen LogP contribution in [-0.4, -0.2) is 16.1 Å². The number of carbonyl (C=O) groups excluding carboxylic acids is 1. The van der Waals surface area contributed by atoms with Gasteiger partial charge in [-0.25, -0.2) is 0 Å². The standard InChI is InChI=1S/C20H21N3O2/c1-3-8-14(2)18(24)21-17-12-7-11-16(13-17)20-23-22-19(25-20)15-9-5-4-6-10-15/h4-7,9-14H,3,8H2,1-2H3,(H,21,24). The van der Waals surface area contributed by atoms with Crippen molar-refractivity contribution in [3.63, 3.8) is 0 Å². The highest BCUT2D eigenvalue weighted by molar-refractivity contribution is 5.92. The van der Waals surface area contributed by atoms with Crippen molar-refractivity contribution in [3.8, 4) is 22.9 Å². The fourth-order valence-electron chi connectivity index (χ4n) is 2.60. The van der Waals surface area contributed by atoms with E-state index in [9.17, 15) is 4.79 Å². The van der Waals surface area contributed by atoms with Crippen LogP contribution in [0.25, 0.3) is 22.9 Å². The molecule has 0 saturated heterocycles. The minimum Gasteiger partial charge on any atom is -0.416 e. The lowest BCUT2D eigenvalue weighted by Crippen LogP contribution is -2.20. The normalized spacial score (nSPS) is 11.9. The second kappa shape index (κ2) is 7.75. The molecular formula is C20H21N3O2. The van der Waals surface area contributed by atoms with Crippen molar-refractivity contribution in [2.24, 2.45) is 5.92 Å². The number of nitrogens with one attached hydrogen (secondary N) is 1. The highest BCUT2D eigenvalue weighted by Gasteiger charge is 2.14. The molecule has 5 nitrogen and oxygen atoms in total. The number of aromatic nitrogens is 2. The second-order valence-corrected chi connectivity index (χ2v) is 6.04. The topological polar surface area (TPSA) is 68.0 Å². The lowest BCUT2D eigenvalue weighted by atomic mass is 10.1. The highest BCUT2D eigenvalue weighted by Crippen LogP contribution is 2.25. The summed E-state index contributed by atoms with van der Waals surface area (Å²) in [6.45, 7) is 4.01. The van der Waals surface area contributed by atoms with Crippen molar-refractivity contribution in [2.45, 2.75) is 26.7 Å². The van der Waals surface area contributed by atoms with E-state index in [2.05, 4.69) is 22.4 Å². The Morgan fingerprint density at radius 3 is 2.44 bits per heavy atom. The molecule has 1 unspecified atom stereocenters. The number of anilines is 1. The first kappa shape index (κ1) is 16.9. The first-order valence-corrected chi connectivity index (χ1v) is 8.47. The van der Waals surface area contributed by atoms with Gasteiger partial charge in [0.2, 0.25) is 17.7 Å². The van der Waals surface area contributed by atoms with E-state index in [1.165, 1.54) is 0 Å². The van der Waals surface area contributed by atoms with Crippen molar-refractivity contribution in [2.75, 3.05) is 5.32 Å². The van der Waals surface area contributed by atoms with E-state index in [4.69, 9.17) is 4.42 Å². The van der Waals surface area contributed by atoms with Crippen molar-refractivity contribution in [3.05, 3.63) is 54.6 Å². The van der Waals surface area contributed by atoms with E-state index >= 15 is 0 Å². The first-order chi connectivity index (χ1) is 12.2. The summed E-state index contributed by atoms with van der Waals surface area (Å²) in [6, 6.07) is 17.1. The van der Waals surface area contributed by atoms with Crippen molar-refractivity contribution in [1.82, 2.24) is 10.2 Å². The molecular weight excluding hydrogens is 314 g/mol. The molecule has 5 heteroatoms. The van der Waals surface area contributed by atoms with Gasteiger partial charge in [-0.15, -0.1) is 10.2 Å². The van der Waals surface area contributed by atoms with Gasteiger partial charge in [-0.1, -0.05) is 44.5 Å². The van der Waals surface area contributed by atoms with Crippen LogP contribution < -0.4 is 5.32 Å². The average molecular weight is 335 g/mol. The highest BCUT2D eigenvalue weighted by atomic mass is 16.4. The molecule has 128 valence electrons. The Balaban J connectivity index is 1.78. The Bertz CT molecular complexity index is 843. The summed E-state index contributed by atoms with van der Waals surface area (Å²) >= 11 is 0. The SMILES string of the molecule is CCCC(C)C(=O)Nc1cccc(-c2nnc(-c3ccccc3)o2)c1. The van der Waals surface area contributed by atoms with Crippen LogP contribution >= 0.6 is 0 Å². The molecule has 1 heterocycles. The van der Waals surface area contributed by atoms with Gasteiger partial charge in [0.05, 0.1) is 0 Å². The summed E-state index contributed by atoms with van der Waals surface area (Å²) in [6.07, 6.45) is 1.86. The van der Waals surface area contributed by atoms with E-state index in [0.29, 0.717) is 11.8 Å². The van der Waals surface area contributed by atoms with E-state index in [0.717, 1.165) is 29.7 Å². The molecule has 0 bridgehead atoms. The van der Waals surface area contributed by atoms with Crippen molar-refractivity contribution >= 4 is 11.6 Å². The first-order valence-electron chi connectivity index (χ1n) is 8.47. The Labute approximate surface area is 147 Å². The van der Waals surface area contributed by atoms with Gasteiger partial charge in [-0.2, -0.15) is 0 Å². The molecule has 0 saturated carbocycles. The largest absolute Gasteiger partial charge is 0.416 e. The molecule has 2 aromatic carbocycles. The number of carbonyl (C=O) groups is 1. The summed E-state index contributed by atoms with van der Waals surface area (Å²) in [4.78, 5) is 12.2. The number of nitrogens with zero attached hydrogens (tertiary/aromatic N) is 2. The van der Waals surface area contributed by atoms with Crippen LogP contribution in [0.4, 0.5) is 5.69 Å². The van der Waals surface area contributed by atoms with Crippen LogP contribution in [0.5, 0.6) is 0 Å². The number of hydrogen-bond donors (Lipinski definition) is 1. The Kier molecular flexibility index (Phi) is 5.23. The van der Waals surface area contributed by atoms with Gasteiger partial charge in [0.1, 0.15) is 0 Å². The monoisotopic (exact) mass is 335 g/mol. The minimum absolute atomic E-state index is 0.0123. The van der Waals surface area contributed by atoms with Crippen LogP contribution in [0.2, 0.25) is 0 Å². The number of amides is 1. The predicted octanol–water partition coefficient (Wildman–Crippen LogP) is 4.78. The third-order valence-corrected chi connectivity index (χ3v) is 3.99. The van der Waals surface area contributed by atoms with Crippen molar-refractivity contribution in [1.29, 1.82) is 0 Å². The van der Waals surface area contributed by atoms with Crippen LogP contribution in [0.3, 0.4) is 0 Å². The maximum atomic E-state index is 12.2. The van der Waals surface area contributed by atoms with Crippen LogP contribution in [0.15, 0.2) is 59.0 Å². The Morgan fingerprint density at radius 2 is 1.72 bits per heavy atom. The quantitative estimate of drug-likeness (QED) is 0.704. The van der Waals surface area contributed by atoms with Crippen molar-refractivity contribution < 1.29 is 9.21 Å². The van der Waals surface area contributed by atoms with Crippen LogP contribution in [0, 0.1) is 5.92 Å². The zero-order valence-corrected chi connectivity index (χ0v) is 14.4. The molecule has 25 heavy (non-hydrogen) atoms. The number of hydrogen-bond acceptors (Lipinski definition) is 4. The lowest BCUT2D eigenvalue weighted by molar-refractivity contribution is -0.119. The van der Waals surface area contributed by atoms with Gasteiger partial charge < -0.3 is 9.73 Å². The summed E-state index contributed by atoms with van der Waals surface area (Å²) in [5.41, 5.74) is 2.37. The molecule has 3 aromatic rings. The third kappa shape index (κ3) is 4.12. The Morgan fingerprint density at radius 1 is 1.04 bits per heavy atom. The smallest absolute Gasteiger partial charge is 0.248 e. The molecule has 0 aliphatic rings. The fourth-order valence-corrected chi connectivity index (χ4v) is 2.60. The van der Waals surface area contributed by atoms with Gasteiger partial charge >= 0.3 is 0 Å². The average Bonchev–Trinajstić information content (AvgIpc) is 3.13. The van der Waals surface area contributed by atoms with Gasteiger partial charge in [0.25, 0.3) is 0 Å². The zero-order valence-electron chi connectivity index (χ0n) is 14.4. The molecule has 0 fully saturated rings. The third-order valence-electron chi connectivity index (χ3n) is 3.99. The maximum absolute atomic E-state index is 12.2. The number of rotatable bonds is 6. The Hall–Kier alpha value is -2.95. The van der Waals surface area contributed by atoms with E-state index in [1.807, 2.05) is 61.5 Å². The summed E-state index contributed by atoms with van der Waals surface area (Å²) < 4.78 is 5.77. The number of benzene rings is 2. The molecule has 1 atom stereocenters. The summed E-state index contributed by atoms with van der Waals surface area (Å²) in [7, 11) is 0. The molecule has 0 radical (unpaired) electrons. The second-order valence-electron chi connectivity index (χ2n) is 6.04. The molecule has 0 spiro atoms. The molecule has 1 amide bonds. The van der Waals surface area contributed by atoms with Gasteiger partial charge in [0.15, 0.2) is 0 Å². The predicted molar refractivity (Wildman–Crippen MR) is 97.9 cm³/mol. The van der Waals surface area contributed by atoms with E-state index in [-0.39, 0.29) is 11.8 Å². The van der Waals surface area contributed by atoms with Gasteiger partial charge in [0, 0.05) is 22.7 Å². The molecule has 3 rings (SSSR count). The summed E-state index contributed by atoms with van der Waals surface area (Å²) in [5, 5.41) is 11.2. The van der Waals surface area contributed by atoms with Gasteiger partial charge in [-0.05, 0) is 36.8 Å². The molecule has 0 aliphatic carbocycles. The molecule has 1 N–H and O–H groups in total. The maximum Gasteiger partial charge on any atom is 0.248 e. The zero-order chi connectivity index (χ0) is 17.6. The lowest BCUT2D eigenvalue weighted by Gasteiger charge is -2.11.